The smallest absolute Gasteiger partial charge is 0.107 e. The van der Waals surface area contributed by atoms with E-state index in [2.05, 4.69) is 0 Å². The second-order valence-corrected chi connectivity index (χ2v) is 4.39. The molecule has 0 saturated carbocycles. The van der Waals surface area contributed by atoms with Crippen molar-refractivity contribution in [2.45, 2.75) is 52.1 Å². The second-order valence-electron chi connectivity index (χ2n) is 4.39. The first-order valence-electron chi connectivity index (χ1n) is 4.96. The van der Waals surface area contributed by atoms with Crippen LogP contribution >= 0.6 is 0 Å². The zero-order valence-electron chi connectivity index (χ0n) is 8.77. The molecule has 3 heteroatoms. The van der Waals surface area contributed by atoms with Crippen molar-refractivity contribution in [3.05, 3.63) is 0 Å². The third kappa shape index (κ3) is 2.03. The van der Waals surface area contributed by atoms with E-state index in [1.807, 2.05) is 27.7 Å². The second kappa shape index (κ2) is 3.95. The van der Waals surface area contributed by atoms with E-state index < -0.39 is 12.2 Å². The molecule has 0 bridgehead atoms. The highest BCUT2D eigenvalue weighted by Gasteiger charge is 2.41. The minimum atomic E-state index is -0.744. The third-order valence-electron chi connectivity index (χ3n) is 2.99. The largest absolute Gasteiger partial charge is 0.390 e. The van der Waals surface area contributed by atoms with Crippen molar-refractivity contribution < 1.29 is 14.9 Å². The van der Waals surface area contributed by atoms with Gasteiger partial charge >= 0.3 is 0 Å². The molecule has 0 aromatic heterocycles. The molecular weight excluding hydrogens is 168 g/mol. The highest BCUT2D eigenvalue weighted by Crippen LogP contribution is 2.28. The summed E-state index contributed by atoms with van der Waals surface area (Å²) in [6.45, 7) is 7.82. The number of rotatable bonds is 1. The Balaban J connectivity index is 2.70. The molecular formula is C10H20O3. The summed E-state index contributed by atoms with van der Waals surface area (Å²) in [5.74, 6) is 0.240. The van der Waals surface area contributed by atoms with Crippen molar-refractivity contribution >= 4 is 0 Å². The first kappa shape index (κ1) is 11.0. The quantitative estimate of drug-likeness (QED) is 0.639. The fourth-order valence-corrected chi connectivity index (χ4v) is 1.79. The Labute approximate surface area is 79.7 Å². The van der Waals surface area contributed by atoms with Crippen molar-refractivity contribution in [2.24, 2.45) is 11.8 Å². The Morgan fingerprint density at radius 1 is 1.08 bits per heavy atom. The van der Waals surface area contributed by atoms with Gasteiger partial charge in [0, 0.05) is 5.92 Å². The molecule has 1 saturated heterocycles. The summed E-state index contributed by atoms with van der Waals surface area (Å²) in [4.78, 5) is 0. The Bertz CT molecular complexity index is 170. The molecule has 4 unspecified atom stereocenters. The molecule has 3 nitrogen and oxygen atoms in total. The van der Waals surface area contributed by atoms with E-state index in [4.69, 9.17) is 4.74 Å². The number of hydrogen-bond acceptors (Lipinski definition) is 3. The highest BCUT2D eigenvalue weighted by molar-refractivity contribution is 4.89. The molecule has 0 aromatic rings. The van der Waals surface area contributed by atoms with Crippen molar-refractivity contribution in [3.8, 4) is 0 Å². The summed E-state index contributed by atoms with van der Waals surface area (Å²) in [7, 11) is 0. The summed E-state index contributed by atoms with van der Waals surface area (Å²) in [5.41, 5.74) is 0. The summed E-state index contributed by atoms with van der Waals surface area (Å²) in [6, 6.07) is 0. The van der Waals surface area contributed by atoms with Crippen LogP contribution in [-0.2, 0) is 4.74 Å². The minimum Gasteiger partial charge on any atom is -0.390 e. The lowest BCUT2D eigenvalue weighted by Gasteiger charge is -2.42. The van der Waals surface area contributed by atoms with Crippen LogP contribution in [0.25, 0.3) is 0 Å². The lowest BCUT2D eigenvalue weighted by atomic mass is 9.85. The first-order valence-corrected chi connectivity index (χ1v) is 4.96. The van der Waals surface area contributed by atoms with Crippen LogP contribution in [0, 0.1) is 11.8 Å². The lowest BCUT2D eigenvalue weighted by molar-refractivity contribution is -0.202. The van der Waals surface area contributed by atoms with Gasteiger partial charge in [-0.25, -0.2) is 0 Å². The molecule has 5 atom stereocenters. The number of hydrogen-bond donors (Lipinski definition) is 2. The van der Waals surface area contributed by atoms with Crippen LogP contribution in [0.5, 0.6) is 0 Å². The van der Waals surface area contributed by atoms with Gasteiger partial charge in [-0.1, -0.05) is 20.8 Å². The van der Waals surface area contributed by atoms with Gasteiger partial charge in [0.05, 0.1) is 18.3 Å². The molecule has 0 radical (unpaired) electrons. The SMILES string of the molecule is CC(C)C1OC(C)[C@H](C)C(O)C1O. The van der Waals surface area contributed by atoms with E-state index >= 15 is 0 Å². The normalized spacial score (nSPS) is 46.8. The first-order chi connectivity index (χ1) is 5.95. The number of aliphatic hydroxyl groups is 2. The van der Waals surface area contributed by atoms with Gasteiger partial charge in [0.25, 0.3) is 0 Å². The van der Waals surface area contributed by atoms with E-state index in [1.165, 1.54) is 0 Å². The molecule has 1 fully saturated rings. The molecule has 0 amide bonds. The maximum Gasteiger partial charge on any atom is 0.107 e. The Kier molecular flexibility index (Phi) is 3.33. The van der Waals surface area contributed by atoms with E-state index in [0.29, 0.717) is 0 Å². The topological polar surface area (TPSA) is 49.7 Å². The minimum absolute atomic E-state index is 0.00463. The van der Waals surface area contributed by atoms with Gasteiger partial charge in [0.2, 0.25) is 0 Å². The van der Waals surface area contributed by atoms with E-state index in [9.17, 15) is 10.2 Å². The van der Waals surface area contributed by atoms with E-state index in [1.54, 1.807) is 0 Å². The standard InChI is InChI=1S/C10H20O3/c1-5(2)10-9(12)8(11)6(3)7(4)13-10/h5-12H,1-4H3/t6-,7?,8?,9?,10?/m0/s1. The molecule has 13 heavy (non-hydrogen) atoms. The molecule has 2 N–H and O–H groups in total. The molecule has 78 valence electrons. The van der Waals surface area contributed by atoms with E-state index in [-0.39, 0.29) is 24.0 Å². The van der Waals surface area contributed by atoms with Crippen LogP contribution in [0.4, 0.5) is 0 Å². The van der Waals surface area contributed by atoms with Crippen molar-refractivity contribution in [1.29, 1.82) is 0 Å². The van der Waals surface area contributed by atoms with Crippen LogP contribution in [0.3, 0.4) is 0 Å². The zero-order chi connectivity index (χ0) is 10.2. The Hall–Kier alpha value is -0.120. The predicted molar refractivity (Wildman–Crippen MR) is 50.4 cm³/mol. The summed E-state index contributed by atoms with van der Waals surface area (Å²) in [5, 5.41) is 19.4. The van der Waals surface area contributed by atoms with E-state index in [0.717, 1.165) is 0 Å². The molecule has 1 rings (SSSR count). The van der Waals surface area contributed by atoms with Crippen molar-refractivity contribution in [3.63, 3.8) is 0 Å². The van der Waals surface area contributed by atoms with Crippen LogP contribution in [0.15, 0.2) is 0 Å². The average Bonchev–Trinajstić information content (AvgIpc) is 2.07. The van der Waals surface area contributed by atoms with Gasteiger partial charge in [-0.15, -0.1) is 0 Å². The number of ether oxygens (including phenoxy) is 1. The fourth-order valence-electron chi connectivity index (χ4n) is 1.79. The van der Waals surface area contributed by atoms with Crippen LogP contribution in [-0.4, -0.2) is 34.6 Å². The molecule has 1 aliphatic heterocycles. The van der Waals surface area contributed by atoms with Crippen molar-refractivity contribution in [1.82, 2.24) is 0 Å². The zero-order valence-corrected chi connectivity index (χ0v) is 8.77. The average molecular weight is 188 g/mol. The Morgan fingerprint density at radius 3 is 2.08 bits per heavy atom. The molecule has 1 heterocycles. The van der Waals surface area contributed by atoms with Gasteiger partial charge < -0.3 is 14.9 Å². The third-order valence-corrected chi connectivity index (χ3v) is 2.99. The van der Waals surface area contributed by atoms with Crippen LogP contribution in [0.1, 0.15) is 27.7 Å². The van der Waals surface area contributed by atoms with Gasteiger partial charge in [-0.05, 0) is 12.8 Å². The molecule has 0 aromatic carbocycles. The lowest BCUT2D eigenvalue weighted by Crippen LogP contribution is -2.54. The predicted octanol–water partition coefficient (Wildman–Crippen LogP) is 0.788. The fraction of sp³-hybridized carbons (Fsp3) is 1.00. The number of aliphatic hydroxyl groups excluding tert-OH is 2. The van der Waals surface area contributed by atoms with Gasteiger partial charge in [-0.3, -0.25) is 0 Å². The van der Waals surface area contributed by atoms with Gasteiger partial charge in [-0.2, -0.15) is 0 Å². The van der Waals surface area contributed by atoms with Gasteiger partial charge in [0.1, 0.15) is 6.10 Å². The molecule has 0 spiro atoms. The molecule has 1 aliphatic rings. The van der Waals surface area contributed by atoms with Crippen molar-refractivity contribution in [2.75, 3.05) is 0 Å². The van der Waals surface area contributed by atoms with Gasteiger partial charge in [0.15, 0.2) is 0 Å². The van der Waals surface area contributed by atoms with Crippen LogP contribution in [0.2, 0.25) is 0 Å². The molecule has 0 aliphatic carbocycles. The maximum atomic E-state index is 9.72. The summed E-state index contributed by atoms with van der Waals surface area (Å²) in [6.07, 6.45) is -1.62. The van der Waals surface area contributed by atoms with Crippen LogP contribution < -0.4 is 0 Å². The highest BCUT2D eigenvalue weighted by atomic mass is 16.5. The summed E-state index contributed by atoms with van der Waals surface area (Å²) >= 11 is 0. The Morgan fingerprint density at radius 2 is 1.62 bits per heavy atom. The maximum absolute atomic E-state index is 9.72. The monoisotopic (exact) mass is 188 g/mol. The summed E-state index contributed by atoms with van der Waals surface area (Å²) < 4.78 is 5.63.